The number of fused-ring (bicyclic) bond motifs is 1. The van der Waals surface area contributed by atoms with Gasteiger partial charge in [0.2, 0.25) is 0 Å². The molecule has 0 unspecified atom stereocenters. The van der Waals surface area contributed by atoms with Crippen molar-refractivity contribution in [1.29, 1.82) is 0 Å². The Hall–Kier alpha value is -1.78. The highest BCUT2D eigenvalue weighted by atomic mass is 19.4. The highest BCUT2D eigenvalue weighted by molar-refractivity contribution is 6.06. The SMILES string of the molecule is CCCN=C(N)C1=C(C)c2cc(C(F)(F)F)ccc2C1. The van der Waals surface area contributed by atoms with Crippen LogP contribution >= 0.6 is 0 Å². The predicted molar refractivity (Wildman–Crippen MR) is 74.5 cm³/mol. The number of aliphatic imine (C=N–C) groups is 1. The van der Waals surface area contributed by atoms with Gasteiger partial charge in [0.15, 0.2) is 0 Å². The number of rotatable bonds is 3. The fraction of sp³-hybridized carbons (Fsp3) is 0.400. The first-order valence-electron chi connectivity index (χ1n) is 6.55. The summed E-state index contributed by atoms with van der Waals surface area (Å²) in [5, 5.41) is 0. The molecular weight excluding hydrogens is 265 g/mol. The third-order valence-corrected chi connectivity index (χ3v) is 3.48. The molecule has 108 valence electrons. The lowest BCUT2D eigenvalue weighted by Gasteiger charge is -2.09. The van der Waals surface area contributed by atoms with Crippen LogP contribution in [0, 0.1) is 0 Å². The van der Waals surface area contributed by atoms with Crippen molar-refractivity contribution in [2.45, 2.75) is 32.9 Å². The normalized spacial score (nSPS) is 15.8. The Labute approximate surface area is 116 Å². The molecule has 0 bridgehead atoms. The molecule has 0 spiro atoms. The van der Waals surface area contributed by atoms with E-state index in [4.69, 9.17) is 5.73 Å². The maximum Gasteiger partial charge on any atom is 0.416 e. The van der Waals surface area contributed by atoms with E-state index in [0.717, 1.165) is 29.2 Å². The van der Waals surface area contributed by atoms with Gasteiger partial charge in [-0.05, 0) is 42.2 Å². The molecule has 0 fully saturated rings. The predicted octanol–water partition coefficient (Wildman–Crippen LogP) is 3.80. The summed E-state index contributed by atoms with van der Waals surface area (Å²) < 4.78 is 38.2. The van der Waals surface area contributed by atoms with Crippen LogP contribution < -0.4 is 5.73 Å². The van der Waals surface area contributed by atoms with Crippen molar-refractivity contribution in [3.8, 4) is 0 Å². The number of nitrogens with zero attached hydrogens (tertiary/aromatic N) is 1. The van der Waals surface area contributed by atoms with Crippen molar-refractivity contribution in [2.24, 2.45) is 10.7 Å². The van der Waals surface area contributed by atoms with Crippen molar-refractivity contribution in [2.75, 3.05) is 6.54 Å². The lowest BCUT2D eigenvalue weighted by molar-refractivity contribution is -0.137. The van der Waals surface area contributed by atoms with Crippen molar-refractivity contribution in [3.05, 3.63) is 40.5 Å². The summed E-state index contributed by atoms with van der Waals surface area (Å²) >= 11 is 0. The van der Waals surface area contributed by atoms with E-state index >= 15 is 0 Å². The summed E-state index contributed by atoms with van der Waals surface area (Å²) in [6, 6.07) is 3.85. The molecule has 2 rings (SSSR count). The van der Waals surface area contributed by atoms with Gasteiger partial charge in [0, 0.05) is 18.5 Å². The topological polar surface area (TPSA) is 38.4 Å². The monoisotopic (exact) mass is 282 g/mol. The van der Waals surface area contributed by atoms with E-state index in [1.807, 2.05) is 6.92 Å². The minimum absolute atomic E-state index is 0.439. The number of amidine groups is 1. The molecule has 1 aliphatic rings. The first-order valence-corrected chi connectivity index (χ1v) is 6.55. The molecule has 5 heteroatoms. The molecule has 0 aliphatic heterocycles. The van der Waals surface area contributed by atoms with Crippen molar-refractivity contribution in [3.63, 3.8) is 0 Å². The van der Waals surface area contributed by atoms with Crippen LogP contribution in [0.25, 0.3) is 5.57 Å². The van der Waals surface area contributed by atoms with Gasteiger partial charge in [0.1, 0.15) is 5.84 Å². The second-order valence-corrected chi connectivity index (χ2v) is 4.92. The van der Waals surface area contributed by atoms with Gasteiger partial charge in [0.05, 0.1) is 5.56 Å². The molecule has 2 N–H and O–H groups in total. The highest BCUT2D eigenvalue weighted by Gasteiger charge is 2.32. The summed E-state index contributed by atoms with van der Waals surface area (Å²) in [7, 11) is 0. The van der Waals surface area contributed by atoms with Crippen molar-refractivity contribution >= 4 is 11.4 Å². The molecule has 2 nitrogen and oxygen atoms in total. The van der Waals surface area contributed by atoms with E-state index in [9.17, 15) is 13.2 Å². The van der Waals surface area contributed by atoms with Crippen LogP contribution in [0.4, 0.5) is 13.2 Å². The number of benzene rings is 1. The van der Waals surface area contributed by atoms with Crippen LogP contribution in [0.2, 0.25) is 0 Å². The average molecular weight is 282 g/mol. The molecule has 20 heavy (non-hydrogen) atoms. The van der Waals surface area contributed by atoms with E-state index in [0.29, 0.717) is 24.4 Å². The molecule has 0 atom stereocenters. The van der Waals surface area contributed by atoms with Crippen LogP contribution in [0.15, 0.2) is 28.8 Å². The molecule has 1 aromatic carbocycles. The Morgan fingerprint density at radius 3 is 2.65 bits per heavy atom. The maximum atomic E-state index is 12.7. The molecule has 0 saturated heterocycles. The summed E-state index contributed by atoms with van der Waals surface area (Å²) in [5.41, 5.74) is 8.44. The first kappa shape index (κ1) is 14.6. The number of nitrogens with two attached hydrogens (primary N) is 1. The molecule has 0 amide bonds. The lowest BCUT2D eigenvalue weighted by atomic mass is 10.0. The van der Waals surface area contributed by atoms with E-state index in [2.05, 4.69) is 4.99 Å². The van der Waals surface area contributed by atoms with Gasteiger partial charge in [-0.2, -0.15) is 13.2 Å². The molecule has 1 aliphatic carbocycles. The average Bonchev–Trinajstić information content (AvgIpc) is 2.72. The Morgan fingerprint density at radius 2 is 2.05 bits per heavy atom. The minimum Gasteiger partial charge on any atom is -0.384 e. The van der Waals surface area contributed by atoms with Crippen molar-refractivity contribution in [1.82, 2.24) is 0 Å². The molecule has 0 saturated carbocycles. The Kier molecular flexibility index (Phi) is 3.88. The van der Waals surface area contributed by atoms with Gasteiger partial charge >= 0.3 is 6.18 Å². The number of halogens is 3. The highest BCUT2D eigenvalue weighted by Crippen LogP contribution is 2.37. The number of hydrogen-bond acceptors (Lipinski definition) is 1. The number of allylic oxidation sites excluding steroid dienone is 1. The van der Waals surface area contributed by atoms with E-state index in [1.54, 1.807) is 6.92 Å². The Balaban J connectivity index is 2.39. The number of hydrogen-bond donors (Lipinski definition) is 1. The zero-order chi connectivity index (χ0) is 14.9. The van der Waals surface area contributed by atoms with Crippen LogP contribution in [-0.4, -0.2) is 12.4 Å². The zero-order valence-electron chi connectivity index (χ0n) is 11.5. The first-order chi connectivity index (χ1) is 9.34. The van der Waals surface area contributed by atoms with E-state index in [1.165, 1.54) is 12.1 Å². The second-order valence-electron chi connectivity index (χ2n) is 4.92. The molecule has 0 aromatic heterocycles. The largest absolute Gasteiger partial charge is 0.416 e. The fourth-order valence-corrected chi connectivity index (χ4v) is 2.35. The standard InChI is InChI=1S/C15H17F3N2/c1-3-6-20-14(19)13-7-10-4-5-11(15(16,17)18)8-12(10)9(13)2/h4-5,8H,3,6-7H2,1-2H3,(H2,19,20). The fourth-order valence-electron chi connectivity index (χ4n) is 2.35. The summed E-state index contributed by atoms with van der Waals surface area (Å²) in [6.45, 7) is 4.43. The third-order valence-electron chi connectivity index (χ3n) is 3.48. The molecule has 0 radical (unpaired) electrons. The van der Waals surface area contributed by atoms with Gasteiger partial charge in [0.25, 0.3) is 0 Å². The Bertz CT molecular complexity index is 583. The van der Waals surface area contributed by atoms with E-state index in [-0.39, 0.29) is 0 Å². The zero-order valence-corrected chi connectivity index (χ0v) is 11.5. The minimum atomic E-state index is -4.32. The third kappa shape index (κ3) is 2.71. The smallest absolute Gasteiger partial charge is 0.384 e. The van der Waals surface area contributed by atoms with Crippen molar-refractivity contribution < 1.29 is 13.2 Å². The summed E-state index contributed by atoms with van der Waals surface area (Å²) in [5.74, 6) is 0.439. The van der Waals surface area contributed by atoms with Crippen LogP contribution in [0.1, 0.15) is 37.0 Å². The quantitative estimate of drug-likeness (QED) is 0.664. The van der Waals surface area contributed by atoms with Gasteiger partial charge in [-0.1, -0.05) is 13.0 Å². The summed E-state index contributed by atoms with van der Waals surface area (Å²) in [6.07, 6.45) is -2.88. The lowest BCUT2D eigenvalue weighted by Crippen LogP contribution is -2.16. The molecular formula is C15H17F3N2. The Morgan fingerprint density at radius 1 is 1.35 bits per heavy atom. The van der Waals surface area contributed by atoms with Gasteiger partial charge < -0.3 is 5.73 Å². The molecule has 0 heterocycles. The second kappa shape index (κ2) is 5.31. The maximum absolute atomic E-state index is 12.7. The van der Waals surface area contributed by atoms with Crippen LogP contribution in [-0.2, 0) is 12.6 Å². The molecule has 1 aromatic rings. The summed E-state index contributed by atoms with van der Waals surface area (Å²) in [4.78, 5) is 4.24. The van der Waals surface area contributed by atoms with E-state index < -0.39 is 11.7 Å². The van der Waals surface area contributed by atoms with Gasteiger partial charge in [-0.15, -0.1) is 0 Å². The van der Waals surface area contributed by atoms with Gasteiger partial charge in [-0.3, -0.25) is 4.99 Å². The van der Waals surface area contributed by atoms with Gasteiger partial charge in [-0.25, -0.2) is 0 Å². The van der Waals surface area contributed by atoms with Crippen LogP contribution in [0.3, 0.4) is 0 Å². The van der Waals surface area contributed by atoms with Crippen LogP contribution in [0.5, 0.6) is 0 Å². The number of alkyl halides is 3.